The number of thioether (sulfide) groups is 1. The van der Waals surface area contributed by atoms with E-state index in [9.17, 15) is 0 Å². The largest absolute Gasteiger partial charge is 0.494 e. The van der Waals surface area contributed by atoms with Gasteiger partial charge in [-0.1, -0.05) is 165 Å². The molecule has 2 aliphatic carbocycles. The fourth-order valence-corrected chi connectivity index (χ4v) is 10.4. The fraction of sp³-hybridized carbons (Fsp3) is 0.538. The zero-order valence-corrected chi connectivity index (χ0v) is 35.5. The van der Waals surface area contributed by atoms with E-state index in [-0.39, 0.29) is 10.5 Å². The van der Waals surface area contributed by atoms with Gasteiger partial charge in [0, 0.05) is 0 Å². The van der Waals surface area contributed by atoms with Crippen LogP contribution in [-0.4, -0.2) is 13.2 Å². The Morgan fingerprint density at radius 2 is 0.764 bits per heavy atom. The van der Waals surface area contributed by atoms with E-state index in [1.165, 1.54) is 123 Å². The average Bonchev–Trinajstić information content (AvgIpc) is 3.23. The summed E-state index contributed by atoms with van der Waals surface area (Å²) in [5, 5.41) is 0.330. The quantitative estimate of drug-likeness (QED) is 0.0836. The highest BCUT2D eigenvalue weighted by atomic mass is 32.2. The lowest BCUT2D eigenvalue weighted by atomic mass is 9.79. The number of hydrogen-bond acceptors (Lipinski definition) is 3. The summed E-state index contributed by atoms with van der Waals surface area (Å²) >= 11 is 2.07. The molecule has 55 heavy (non-hydrogen) atoms. The molecule has 0 aliphatic heterocycles. The van der Waals surface area contributed by atoms with Crippen LogP contribution in [0.5, 0.6) is 11.5 Å². The third kappa shape index (κ3) is 12.4. The Hall–Kier alpha value is -3.17. The van der Waals surface area contributed by atoms with Gasteiger partial charge in [-0.2, -0.15) is 0 Å². The molecule has 0 radical (unpaired) electrons. The molecule has 2 fully saturated rings. The highest BCUT2D eigenvalue weighted by Gasteiger charge is 2.26. The molecule has 0 bridgehead atoms. The standard InChI is InChI=1S/C52H70O2S/c1-5-7-9-11-37-53-49-33-29-47(30-34-49)51(45-25-21-43(22-26-45)41-17-13-39(3)14-18-41)55-52(48-31-35-50(36-32-48)54-38-12-10-8-6-2)46-27-23-44(24-28-46)42-19-15-40(4)16-20-42/h21-36,39-42,51-52H,5-20,37-38H2,1-4H3. The number of ether oxygens (including phenoxy) is 2. The van der Waals surface area contributed by atoms with Gasteiger partial charge in [-0.3, -0.25) is 0 Å². The third-order valence-electron chi connectivity index (χ3n) is 12.6. The second kappa shape index (κ2) is 21.9. The maximum absolute atomic E-state index is 6.21. The van der Waals surface area contributed by atoms with Gasteiger partial charge in [0.2, 0.25) is 0 Å². The van der Waals surface area contributed by atoms with Gasteiger partial charge in [0.05, 0.1) is 23.7 Å². The molecule has 296 valence electrons. The van der Waals surface area contributed by atoms with Gasteiger partial charge in [0.1, 0.15) is 11.5 Å². The minimum atomic E-state index is 0.165. The van der Waals surface area contributed by atoms with Crippen molar-refractivity contribution in [3.8, 4) is 11.5 Å². The average molecular weight is 759 g/mol. The van der Waals surface area contributed by atoms with Crippen LogP contribution in [0.3, 0.4) is 0 Å². The van der Waals surface area contributed by atoms with Crippen LogP contribution in [0.15, 0.2) is 97.1 Å². The van der Waals surface area contributed by atoms with Crippen LogP contribution in [0.25, 0.3) is 0 Å². The Bertz CT molecular complexity index is 1500. The first-order valence-corrected chi connectivity index (χ1v) is 23.3. The Balaban J connectivity index is 1.28. The molecule has 4 aromatic rings. The van der Waals surface area contributed by atoms with Crippen molar-refractivity contribution in [3.05, 3.63) is 130 Å². The molecule has 2 nitrogen and oxygen atoms in total. The Morgan fingerprint density at radius 3 is 1.09 bits per heavy atom. The van der Waals surface area contributed by atoms with Gasteiger partial charge in [-0.05, 0) is 120 Å². The van der Waals surface area contributed by atoms with E-state index in [0.717, 1.165) is 49.4 Å². The van der Waals surface area contributed by atoms with Crippen molar-refractivity contribution in [2.24, 2.45) is 11.8 Å². The highest BCUT2D eigenvalue weighted by molar-refractivity contribution is 8.00. The molecule has 0 aromatic heterocycles. The molecule has 2 aliphatic rings. The van der Waals surface area contributed by atoms with Gasteiger partial charge in [-0.25, -0.2) is 0 Å². The van der Waals surface area contributed by atoms with Crippen LogP contribution >= 0.6 is 11.8 Å². The monoisotopic (exact) mass is 759 g/mol. The highest BCUT2D eigenvalue weighted by Crippen LogP contribution is 2.49. The van der Waals surface area contributed by atoms with Gasteiger partial charge < -0.3 is 9.47 Å². The number of rotatable bonds is 20. The molecule has 0 amide bonds. The molecule has 0 N–H and O–H groups in total. The first-order chi connectivity index (χ1) is 27.0. The summed E-state index contributed by atoms with van der Waals surface area (Å²) in [5.74, 6) is 5.06. The van der Waals surface area contributed by atoms with Crippen LogP contribution in [0, 0.1) is 11.8 Å². The smallest absolute Gasteiger partial charge is 0.119 e. The summed E-state index contributed by atoms with van der Waals surface area (Å²) in [6.45, 7) is 10.9. The lowest BCUT2D eigenvalue weighted by Gasteiger charge is -2.29. The molecule has 0 spiro atoms. The van der Waals surface area contributed by atoms with Crippen LogP contribution in [-0.2, 0) is 0 Å². The Morgan fingerprint density at radius 1 is 0.436 bits per heavy atom. The van der Waals surface area contributed by atoms with Crippen molar-refractivity contribution in [2.45, 2.75) is 153 Å². The van der Waals surface area contributed by atoms with Crippen molar-refractivity contribution < 1.29 is 9.47 Å². The molecule has 2 unspecified atom stereocenters. The van der Waals surface area contributed by atoms with E-state index >= 15 is 0 Å². The van der Waals surface area contributed by atoms with E-state index in [1.54, 1.807) is 0 Å². The zero-order chi connectivity index (χ0) is 38.2. The van der Waals surface area contributed by atoms with E-state index in [4.69, 9.17) is 9.47 Å². The maximum atomic E-state index is 6.21. The number of benzene rings is 4. The van der Waals surface area contributed by atoms with Gasteiger partial charge in [0.15, 0.2) is 0 Å². The summed E-state index contributed by atoms with van der Waals surface area (Å²) in [5.41, 5.74) is 8.42. The lowest BCUT2D eigenvalue weighted by molar-refractivity contribution is 0.305. The molecular weight excluding hydrogens is 689 g/mol. The van der Waals surface area contributed by atoms with Crippen LogP contribution in [0.2, 0.25) is 0 Å². The first kappa shape index (κ1) is 41.5. The molecule has 3 heteroatoms. The number of hydrogen-bond donors (Lipinski definition) is 0. The normalized spacial score (nSPS) is 21.2. The first-order valence-electron chi connectivity index (χ1n) is 22.3. The SMILES string of the molecule is CCCCCCOc1ccc(C(SC(c2ccc(OCCCCCC)cc2)c2ccc(C3CCC(C)CC3)cc2)c2ccc(C3CCC(C)CC3)cc2)cc1. The Labute approximate surface area is 339 Å². The second-order valence-electron chi connectivity index (χ2n) is 17.1. The van der Waals surface area contributed by atoms with Gasteiger partial charge >= 0.3 is 0 Å². The summed E-state index contributed by atoms with van der Waals surface area (Å²) in [6, 6.07) is 37.6. The topological polar surface area (TPSA) is 18.5 Å². The van der Waals surface area contributed by atoms with E-state index < -0.39 is 0 Å². The fourth-order valence-electron chi connectivity index (χ4n) is 8.82. The molecule has 0 saturated heterocycles. The van der Waals surface area contributed by atoms with Crippen molar-refractivity contribution >= 4 is 11.8 Å². The van der Waals surface area contributed by atoms with Crippen molar-refractivity contribution in [3.63, 3.8) is 0 Å². The summed E-state index contributed by atoms with van der Waals surface area (Å²) < 4.78 is 12.4. The predicted octanol–water partition coefficient (Wildman–Crippen LogP) is 15.8. The molecular formula is C52H70O2S. The molecule has 0 heterocycles. The summed E-state index contributed by atoms with van der Waals surface area (Å²) in [4.78, 5) is 0. The molecule has 6 rings (SSSR count). The Kier molecular flexibility index (Phi) is 16.5. The number of unbranched alkanes of at least 4 members (excludes halogenated alkanes) is 6. The van der Waals surface area contributed by atoms with E-state index in [1.807, 2.05) is 0 Å². The van der Waals surface area contributed by atoms with Crippen LogP contribution in [0.1, 0.15) is 186 Å². The predicted molar refractivity (Wildman–Crippen MR) is 237 cm³/mol. The third-order valence-corrected chi connectivity index (χ3v) is 14.3. The van der Waals surface area contributed by atoms with Gasteiger partial charge in [-0.15, -0.1) is 11.8 Å². The second-order valence-corrected chi connectivity index (χ2v) is 18.3. The zero-order valence-electron chi connectivity index (χ0n) is 34.7. The van der Waals surface area contributed by atoms with E-state index in [0.29, 0.717) is 11.8 Å². The van der Waals surface area contributed by atoms with Crippen molar-refractivity contribution in [1.82, 2.24) is 0 Å². The molecule has 2 saturated carbocycles. The van der Waals surface area contributed by atoms with Crippen LogP contribution in [0.4, 0.5) is 0 Å². The van der Waals surface area contributed by atoms with Crippen LogP contribution < -0.4 is 9.47 Å². The maximum Gasteiger partial charge on any atom is 0.119 e. The summed E-state index contributed by atoms with van der Waals surface area (Å²) in [6.07, 6.45) is 20.4. The molecule has 4 aromatic carbocycles. The van der Waals surface area contributed by atoms with Gasteiger partial charge in [0.25, 0.3) is 0 Å². The van der Waals surface area contributed by atoms with E-state index in [2.05, 4.69) is 137 Å². The minimum absolute atomic E-state index is 0.165. The summed E-state index contributed by atoms with van der Waals surface area (Å²) in [7, 11) is 0. The minimum Gasteiger partial charge on any atom is -0.494 e. The molecule has 2 atom stereocenters. The van der Waals surface area contributed by atoms with Crippen molar-refractivity contribution in [1.29, 1.82) is 0 Å². The van der Waals surface area contributed by atoms with Crippen molar-refractivity contribution in [2.75, 3.05) is 13.2 Å². The lowest BCUT2D eigenvalue weighted by Crippen LogP contribution is -2.11.